The molecule has 0 aliphatic heterocycles. The molecule has 7 nitrogen and oxygen atoms in total. The number of fused-ring (bicyclic) bond motifs is 1. The van der Waals surface area contributed by atoms with E-state index in [1.165, 1.54) is 18.4 Å². The van der Waals surface area contributed by atoms with Gasteiger partial charge in [-0.05, 0) is 67.6 Å². The predicted molar refractivity (Wildman–Crippen MR) is 122 cm³/mol. The maximum atomic E-state index is 12.7. The van der Waals surface area contributed by atoms with Gasteiger partial charge in [-0.3, -0.25) is 9.59 Å². The van der Waals surface area contributed by atoms with Gasteiger partial charge in [0.1, 0.15) is 0 Å². The number of aliphatic carboxylic acids is 1. The lowest BCUT2D eigenvalue weighted by Crippen LogP contribution is -2.21. The van der Waals surface area contributed by atoms with Crippen molar-refractivity contribution in [3.8, 4) is 0 Å². The second-order valence-electron chi connectivity index (χ2n) is 8.41. The monoisotopic (exact) mass is 493 g/mol. The van der Waals surface area contributed by atoms with Crippen LogP contribution in [0.15, 0.2) is 47.3 Å². The fourth-order valence-corrected chi connectivity index (χ4v) is 4.34. The van der Waals surface area contributed by atoms with Crippen molar-refractivity contribution in [2.75, 3.05) is 11.9 Å². The number of anilines is 1. The van der Waals surface area contributed by atoms with E-state index in [9.17, 15) is 22.8 Å². The highest BCUT2D eigenvalue weighted by Crippen LogP contribution is 2.42. The Morgan fingerprint density at radius 1 is 1.15 bits per heavy atom. The van der Waals surface area contributed by atoms with Crippen molar-refractivity contribution in [2.45, 2.75) is 37.4 Å². The maximum Gasteiger partial charge on any atom is 0.490 e. The number of carbonyl (C=O) groups excluding carboxylic acids is 1. The Bertz CT molecular complexity index is 1270. The van der Waals surface area contributed by atoms with Crippen molar-refractivity contribution in [2.24, 2.45) is 5.92 Å². The summed E-state index contributed by atoms with van der Waals surface area (Å²) in [6, 6.07) is 13.9. The van der Waals surface area contributed by atoms with Crippen LogP contribution in [0, 0.1) is 5.92 Å². The summed E-state index contributed by atoms with van der Waals surface area (Å²) in [6.07, 6.45) is -1.20. The van der Waals surface area contributed by atoms with E-state index in [1.807, 2.05) is 36.4 Å². The van der Waals surface area contributed by atoms with Crippen LogP contribution in [0.1, 0.15) is 41.1 Å². The quantitative estimate of drug-likeness (QED) is 0.409. The molecule has 180 valence electrons. The number of benzene rings is 2. The molecule has 1 aromatic heterocycles. The van der Waals surface area contributed by atoms with E-state index in [0.29, 0.717) is 23.2 Å². The van der Waals surface area contributed by atoms with Crippen molar-refractivity contribution in [1.82, 2.24) is 10.3 Å². The number of aromatic amines is 1. The number of amides is 1. The molecular formula is C23H22F3N3O4S. The zero-order valence-electron chi connectivity index (χ0n) is 17.8. The molecule has 2 aliphatic rings. The zero-order valence-corrected chi connectivity index (χ0v) is 18.6. The minimum absolute atomic E-state index is 0.0875. The van der Waals surface area contributed by atoms with E-state index < -0.39 is 12.1 Å². The molecule has 2 saturated carbocycles. The number of aromatic nitrogens is 1. The largest absolute Gasteiger partial charge is 0.490 e. The van der Waals surface area contributed by atoms with Crippen molar-refractivity contribution in [3.05, 3.63) is 63.3 Å². The minimum atomic E-state index is -5.08. The smallest absolute Gasteiger partial charge is 0.475 e. The van der Waals surface area contributed by atoms with Crippen molar-refractivity contribution in [3.63, 3.8) is 0 Å². The summed E-state index contributed by atoms with van der Waals surface area (Å²) < 4.78 is 32.6. The normalized spacial score (nSPS) is 19.3. The van der Waals surface area contributed by atoms with Gasteiger partial charge in [0.15, 0.2) is 0 Å². The van der Waals surface area contributed by atoms with Crippen molar-refractivity contribution in [1.29, 1.82) is 0 Å². The molecule has 2 atom stereocenters. The van der Waals surface area contributed by atoms with Gasteiger partial charge in [0.05, 0.1) is 10.2 Å². The molecule has 3 aromatic rings. The van der Waals surface area contributed by atoms with E-state index in [1.54, 1.807) is 0 Å². The molecule has 1 amide bonds. The summed E-state index contributed by atoms with van der Waals surface area (Å²) in [5.41, 5.74) is 3.39. The molecule has 0 radical (unpaired) electrons. The van der Waals surface area contributed by atoms with Crippen molar-refractivity contribution < 1.29 is 27.9 Å². The number of carboxylic acids is 1. The first-order valence-corrected chi connectivity index (χ1v) is 11.5. The standard InChI is InChI=1S/C21H21N3O2S.C2HF3O2/c25-20(23-15-6-7-17-19(9-15)27-21(26)24-17)14-3-1-2-13(8-14)16-10-18(16)22-11-12-4-5-12;3-2(4,5)1(6)7/h1-3,6-9,12,16,18,22H,4-5,10-11H2,(H,23,25)(H,24,26);(H,6,7). The molecule has 1 heterocycles. The van der Waals surface area contributed by atoms with Gasteiger partial charge in [0, 0.05) is 23.2 Å². The summed E-state index contributed by atoms with van der Waals surface area (Å²) in [4.78, 5) is 35.7. The summed E-state index contributed by atoms with van der Waals surface area (Å²) >= 11 is 1.15. The first-order chi connectivity index (χ1) is 16.1. The Balaban J connectivity index is 0.000000344. The van der Waals surface area contributed by atoms with Gasteiger partial charge in [0.2, 0.25) is 0 Å². The molecule has 0 spiro atoms. The molecule has 2 unspecified atom stereocenters. The van der Waals surface area contributed by atoms with Gasteiger partial charge in [-0.2, -0.15) is 13.2 Å². The van der Waals surface area contributed by atoms with E-state index in [0.717, 1.165) is 40.4 Å². The summed E-state index contributed by atoms with van der Waals surface area (Å²) in [5, 5.41) is 13.7. The van der Waals surface area contributed by atoms with Crippen LogP contribution in [0.3, 0.4) is 0 Å². The summed E-state index contributed by atoms with van der Waals surface area (Å²) in [5.74, 6) is -1.47. The van der Waals surface area contributed by atoms with E-state index in [-0.39, 0.29) is 10.8 Å². The minimum Gasteiger partial charge on any atom is -0.475 e. The molecule has 0 saturated heterocycles. The molecule has 2 fully saturated rings. The third-order valence-corrected chi connectivity index (χ3v) is 6.50. The lowest BCUT2D eigenvalue weighted by atomic mass is 10.1. The number of nitrogens with one attached hydrogen (secondary N) is 3. The number of hydrogen-bond donors (Lipinski definition) is 4. The van der Waals surface area contributed by atoms with E-state index in [4.69, 9.17) is 9.90 Å². The lowest BCUT2D eigenvalue weighted by molar-refractivity contribution is -0.192. The van der Waals surface area contributed by atoms with Crippen molar-refractivity contribution >= 4 is 39.1 Å². The number of rotatable bonds is 6. The number of halogens is 3. The van der Waals surface area contributed by atoms with Crippen LogP contribution in [0.5, 0.6) is 0 Å². The fourth-order valence-electron chi connectivity index (χ4n) is 3.57. The average molecular weight is 494 g/mol. The van der Waals surface area contributed by atoms with Crippen LogP contribution in [-0.2, 0) is 4.79 Å². The number of carboxylic acid groups (broad SMARTS) is 1. The second kappa shape index (κ2) is 9.59. The van der Waals surface area contributed by atoms with Gasteiger partial charge >= 0.3 is 17.0 Å². The predicted octanol–water partition coefficient (Wildman–Crippen LogP) is 4.33. The summed E-state index contributed by atoms with van der Waals surface area (Å²) in [7, 11) is 0. The third kappa shape index (κ3) is 6.23. The number of H-pyrrole nitrogens is 1. The third-order valence-electron chi connectivity index (χ3n) is 5.65. The first kappa shape index (κ1) is 24.0. The Kier molecular flexibility index (Phi) is 6.76. The van der Waals surface area contributed by atoms with Crippen LogP contribution >= 0.6 is 11.3 Å². The van der Waals surface area contributed by atoms with Gasteiger partial charge < -0.3 is 20.7 Å². The second-order valence-corrected chi connectivity index (χ2v) is 9.42. The van der Waals surface area contributed by atoms with Gasteiger partial charge in [-0.1, -0.05) is 23.5 Å². The summed E-state index contributed by atoms with van der Waals surface area (Å²) in [6.45, 7) is 1.13. The van der Waals surface area contributed by atoms with Crippen LogP contribution < -0.4 is 15.5 Å². The number of hydrogen-bond acceptors (Lipinski definition) is 5. The van der Waals surface area contributed by atoms with Gasteiger partial charge in [0.25, 0.3) is 5.91 Å². The Morgan fingerprint density at radius 2 is 1.88 bits per heavy atom. The Hall–Kier alpha value is -3.18. The highest BCUT2D eigenvalue weighted by atomic mass is 32.1. The Labute approximate surface area is 196 Å². The highest BCUT2D eigenvalue weighted by molar-refractivity contribution is 7.16. The molecule has 4 N–H and O–H groups in total. The topological polar surface area (TPSA) is 111 Å². The molecule has 2 aliphatic carbocycles. The highest BCUT2D eigenvalue weighted by Gasteiger charge is 2.39. The van der Waals surface area contributed by atoms with E-state index >= 15 is 0 Å². The maximum absolute atomic E-state index is 12.7. The zero-order chi connectivity index (χ0) is 24.5. The molecule has 34 heavy (non-hydrogen) atoms. The van der Waals surface area contributed by atoms with E-state index in [2.05, 4.69) is 21.7 Å². The Morgan fingerprint density at radius 3 is 2.56 bits per heavy atom. The van der Waals surface area contributed by atoms with Gasteiger partial charge in [-0.25, -0.2) is 4.79 Å². The first-order valence-electron chi connectivity index (χ1n) is 10.7. The van der Waals surface area contributed by atoms with Crippen LogP contribution in [0.25, 0.3) is 10.2 Å². The van der Waals surface area contributed by atoms with Crippen LogP contribution in [0.2, 0.25) is 0 Å². The average Bonchev–Trinajstić information content (AvgIpc) is 3.69. The van der Waals surface area contributed by atoms with Crippen LogP contribution in [0.4, 0.5) is 18.9 Å². The van der Waals surface area contributed by atoms with Gasteiger partial charge in [-0.15, -0.1) is 0 Å². The molecule has 11 heteroatoms. The number of alkyl halides is 3. The lowest BCUT2D eigenvalue weighted by Gasteiger charge is -2.08. The number of thiazole rings is 1. The molecular weight excluding hydrogens is 471 g/mol. The van der Waals surface area contributed by atoms with Crippen LogP contribution in [-0.4, -0.2) is 40.7 Å². The number of carbonyl (C=O) groups is 2. The molecule has 5 rings (SSSR count). The SMILES string of the molecule is O=C(Nc1ccc2[nH]c(=O)sc2c1)c1cccc(C2CC2NCC2CC2)c1.O=C(O)C(F)(F)F. The molecule has 0 bridgehead atoms. The fraction of sp³-hybridized carbons (Fsp3) is 0.348. The molecule has 2 aromatic carbocycles.